The second kappa shape index (κ2) is 6.24. The first-order valence-corrected chi connectivity index (χ1v) is 9.77. The van der Waals surface area contributed by atoms with Gasteiger partial charge in [-0.3, -0.25) is 4.79 Å². The zero-order chi connectivity index (χ0) is 18.5. The van der Waals surface area contributed by atoms with Gasteiger partial charge in [0, 0.05) is 11.8 Å². The Morgan fingerprint density at radius 2 is 1.26 bits per heavy atom. The molecule has 0 fully saturated rings. The van der Waals surface area contributed by atoms with Crippen LogP contribution in [0, 0.1) is 11.8 Å². The molecule has 0 aliphatic heterocycles. The summed E-state index contributed by atoms with van der Waals surface area (Å²) >= 11 is 6.27. The fourth-order valence-corrected chi connectivity index (χ4v) is 5.31. The standard InChI is InChI=1S/C24H20ClNO/c1-14-21-15-8-2-4-10-17(15)23(18-11-5-3-9-16(18)21)22(14)24(27)26-20-13-7-6-12-19(20)25/h2-14,21-23H,1H3,(H,26,27)/t14-,21?,22+,23?/m0/s1. The van der Waals surface area contributed by atoms with E-state index in [0.29, 0.717) is 10.7 Å². The molecule has 3 heteroatoms. The van der Waals surface area contributed by atoms with Crippen LogP contribution in [0.2, 0.25) is 5.02 Å². The van der Waals surface area contributed by atoms with E-state index in [-0.39, 0.29) is 29.6 Å². The van der Waals surface area contributed by atoms with Crippen molar-refractivity contribution in [3.63, 3.8) is 0 Å². The van der Waals surface area contributed by atoms with Crippen LogP contribution in [0.3, 0.4) is 0 Å². The Morgan fingerprint density at radius 3 is 1.81 bits per heavy atom. The number of amides is 1. The van der Waals surface area contributed by atoms with Crippen molar-refractivity contribution in [2.75, 3.05) is 5.32 Å². The molecular formula is C24H20ClNO. The highest BCUT2D eigenvalue weighted by Gasteiger charge is 2.50. The highest BCUT2D eigenvalue weighted by Crippen LogP contribution is 2.58. The molecule has 134 valence electrons. The fraction of sp³-hybridized carbons (Fsp3) is 0.208. The maximum Gasteiger partial charge on any atom is 0.228 e. The summed E-state index contributed by atoms with van der Waals surface area (Å²) in [5, 5.41) is 3.66. The van der Waals surface area contributed by atoms with E-state index in [9.17, 15) is 4.79 Å². The minimum atomic E-state index is -0.115. The van der Waals surface area contributed by atoms with Crippen LogP contribution in [-0.4, -0.2) is 5.91 Å². The van der Waals surface area contributed by atoms with Gasteiger partial charge in [0.2, 0.25) is 5.91 Å². The molecule has 3 aromatic rings. The zero-order valence-corrected chi connectivity index (χ0v) is 15.8. The van der Waals surface area contributed by atoms with Crippen molar-refractivity contribution in [3.05, 3.63) is 100 Å². The third-order valence-electron chi connectivity index (χ3n) is 6.22. The Kier molecular flexibility index (Phi) is 3.84. The summed E-state index contributed by atoms with van der Waals surface area (Å²) in [5.41, 5.74) is 6.00. The van der Waals surface area contributed by atoms with Gasteiger partial charge < -0.3 is 5.32 Å². The third-order valence-corrected chi connectivity index (χ3v) is 6.55. The minimum Gasteiger partial charge on any atom is -0.324 e. The monoisotopic (exact) mass is 373 g/mol. The number of nitrogens with one attached hydrogen (secondary N) is 1. The van der Waals surface area contributed by atoms with Gasteiger partial charge in [0.1, 0.15) is 0 Å². The molecule has 0 saturated carbocycles. The Bertz CT molecular complexity index is 996. The van der Waals surface area contributed by atoms with Gasteiger partial charge in [0.25, 0.3) is 0 Å². The van der Waals surface area contributed by atoms with Gasteiger partial charge in [0.15, 0.2) is 0 Å². The van der Waals surface area contributed by atoms with E-state index in [1.54, 1.807) is 6.07 Å². The number of carbonyl (C=O) groups is 1. The summed E-state index contributed by atoms with van der Waals surface area (Å²) in [6, 6.07) is 24.6. The smallest absolute Gasteiger partial charge is 0.228 e. The van der Waals surface area contributed by atoms with E-state index in [2.05, 4.69) is 60.8 Å². The summed E-state index contributed by atoms with van der Waals surface area (Å²) in [4.78, 5) is 13.4. The number of fused-ring (bicyclic) bond motifs is 1. The second-order valence-corrected chi connectivity index (χ2v) is 7.97. The van der Waals surface area contributed by atoms with Crippen LogP contribution >= 0.6 is 11.6 Å². The lowest BCUT2D eigenvalue weighted by Gasteiger charge is -2.49. The SMILES string of the molecule is C[C@H]1C2c3ccccc3C(c3ccccc32)[C@@H]1C(=O)Nc1ccccc1Cl. The molecule has 3 aliphatic carbocycles. The zero-order valence-electron chi connectivity index (χ0n) is 15.0. The molecule has 0 saturated heterocycles. The molecule has 1 N–H and O–H groups in total. The molecule has 0 aromatic heterocycles. The molecule has 6 rings (SSSR count). The number of rotatable bonds is 2. The van der Waals surface area contributed by atoms with Crippen molar-refractivity contribution in [1.29, 1.82) is 0 Å². The Balaban J connectivity index is 1.61. The lowest BCUT2D eigenvalue weighted by Crippen LogP contribution is -2.44. The topological polar surface area (TPSA) is 29.1 Å². The van der Waals surface area contributed by atoms with E-state index < -0.39 is 0 Å². The van der Waals surface area contributed by atoms with Crippen LogP contribution in [0.15, 0.2) is 72.8 Å². The van der Waals surface area contributed by atoms with E-state index in [1.165, 1.54) is 22.3 Å². The van der Waals surface area contributed by atoms with Crippen LogP contribution in [0.5, 0.6) is 0 Å². The normalized spacial score (nSPS) is 24.8. The average Bonchev–Trinajstić information content (AvgIpc) is 2.69. The molecular weight excluding hydrogens is 354 g/mol. The summed E-state index contributed by atoms with van der Waals surface area (Å²) in [6.07, 6.45) is 0. The van der Waals surface area contributed by atoms with Crippen molar-refractivity contribution in [2.24, 2.45) is 11.8 Å². The van der Waals surface area contributed by atoms with Gasteiger partial charge in [0.05, 0.1) is 16.6 Å². The molecule has 0 radical (unpaired) electrons. The van der Waals surface area contributed by atoms with Crippen molar-refractivity contribution in [2.45, 2.75) is 18.8 Å². The van der Waals surface area contributed by atoms with Gasteiger partial charge in [-0.15, -0.1) is 0 Å². The number of halogens is 1. The van der Waals surface area contributed by atoms with Crippen LogP contribution in [0.1, 0.15) is 41.0 Å². The highest BCUT2D eigenvalue weighted by molar-refractivity contribution is 6.33. The predicted molar refractivity (Wildman–Crippen MR) is 109 cm³/mol. The second-order valence-electron chi connectivity index (χ2n) is 7.57. The van der Waals surface area contributed by atoms with Crippen molar-refractivity contribution in [3.8, 4) is 0 Å². The summed E-state index contributed by atoms with van der Waals surface area (Å²) in [7, 11) is 0. The first-order chi connectivity index (χ1) is 13.2. The van der Waals surface area contributed by atoms with Crippen LogP contribution < -0.4 is 5.32 Å². The maximum absolute atomic E-state index is 13.4. The van der Waals surface area contributed by atoms with Gasteiger partial charge in [-0.1, -0.05) is 79.2 Å². The number of benzene rings is 3. The number of para-hydroxylation sites is 1. The van der Waals surface area contributed by atoms with Crippen molar-refractivity contribution in [1.82, 2.24) is 0 Å². The minimum absolute atomic E-state index is 0.0506. The van der Waals surface area contributed by atoms with E-state index in [1.807, 2.05) is 18.2 Å². The Labute approximate surface area is 164 Å². The van der Waals surface area contributed by atoms with Crippen LogP contribution in [-0.2, 0) is 4.79 Å². The first-order valence-electron chi connectivity index (χ1n) is 9.40. The van der Waals surface area contributed by atoms with Gasteiger partial charge >= 0.3 is 0 Å². The molecule has 27 heavy (non-hydrogen) atoms. The highest BCUT2D eigenvalue weighted by atomic mass is 35.5. The Morgan fingerprint density at radius 1 is 0.778 bits per heavy atom. The number of anilines is 1. The largest absolute Gasteiger partial charge is 0.324 e. The number of hydrogen-bond donors (Lipinski definition) is 1. The van der Waals surface area contributed by atoms with Gasteiger partial charge in [-0.25, -0.2) is 0 Å². The van der Waals surface area contributed by atoms with Crippen LogP contribution in [0.25, 0.3) is 0 Å². The lowest BCUT2D eigenvalue weighted by molar-refractivity contribution is -0.122. The molecule has 0 spiro atoms. The molecule has 2 nitrogen and oxygen atoms in total. The molecule has 2 atom stereocenters. The van der Waals surface area contributed by atoms with Crippen molar-refractivity contribution < 1.29 is 4.79 Å². The summed E-state index contributed by atoms with van der Waals surface area (Å²) in [6.45, 7) is 2.21. The van der Waals surface area contributed by atoms with Crippen LogP contribution in [0.4, 0.5) is 5.69 Å². The third kappa shape index (κ3) is 2.44. The number of hydrogen-bond acceptors (Lipinski definition) is 1. The fourth-order valence-electron chi connectivity index (χ4n) is 5.12. The first kappa shape index (κ1) is 16.6. The summed E-state index contributed by atoms with van der Waals surface area (Å²) in [5.74, 6) is 0.497. The summed E-state index contributed by atoms with van der Waals surface area (Å²) < 4.78 is 0. The maximum atomic E-state index is 13.4. The molecule has 1 amide bonds. The quantitative estimate of drug-likeness (QED) is 0.602. The molecule has 3 aliphatic rings. The Hall–Kier alpha value is -2.58. The lowest BCUT2D eigenvalue weighted by atomic mass is 9.54. The van der Waals surface area contributed by atoms with E-state index >= 15 is 0 Å². The molecule has 0 unspecified atom stereocenters. The van der Waals surface area contributed by atoms with E-state index in [0.717, 1.165) is 0 Å². The van der Waals surface area contributed by atoms with Gasteiger partial charge in [-0.2, -0.15) is 0 Å². The predicted octanol–water partition coefficient (Wildman–Crippen LogP) is 5.82. The van der Waals surface area contributed by atoms with Crippen molar-refractivity contribution >= 4 is 23.2 Å². The molecule has 2 bridgehead atoms. The molecule has 0 heterocycles. The average molecular weight is 374 g/mol. The van der Waals surface area contributed by atoms with E-state index in [4.69, 9.17) is 11.6 Å². The molecule has 3 aromatic carbocycles. The van der Waals surface area contributed by atoms with Gasteiger partial charge in [-0.05, 0) is 40.3 Å². The number of carbonyl (C=O) groups excluding carboxylic acids is 1.